The molecule has 2 aromatic rings. The first-order valence-corrected chi connectivity index (χ1v) is 9.09. The molecule has 5 nitrogen and oxygen atoms in total. The van der Waals surface area contributed by atoms with Crippen LogP contribution in [0.25, 0.3) is 0 Å². The van der Waals surface area contributed by atoms with Crippen LogP contribution in [0.5, 0.6) is 0 Å². The zero-order valence-corrected chi connectivity index (χ0v) is 15.4. The Balaban J connectivity index is 1.61. The topological polar surface area (TPSA) is 62.7 Å². The van der Waals surface area contributed by atoms with E-state index in [1.165, 1.54) is 0 Å². The molecular weight excluding hydrogens is 328 g/mol. The van der Waals surface area contributed by atoms with Crippen molar-refractivity contribution in [2.75, 3.05) is 13.1 Å². The Labute approximate surface area is 154 Å². The average Bonchev–Trinajstić information content (AvgIpc) is 2.65. The zero-order valence-electron chi connectivity index (χ0n) is 15.4. The van der Waals surface area contributed by atoms with E-state index in [1.807, 2.05) is 50.4 Å². The summed E-state index contributed by atoms with van der Waals surface area (Å²) in [4.78, 5) is 18.1. The number of ether oxygens (including phenoxy) is 1. The van der Waals surface area contributed by atoms with Crippen LogP contribution in [-0.2, 0) is 16.1 Å². The third kappa shape index (κ3) is 4.29. The number of aromatic nitrogens is 1. The number of aryl methyl sites for hydroxylation is 1. The molecule has 0 aliphatic carbocycles. The van der Waals surface area contributed by atoms with Crippen molar-refractivity contribution in [3.8, 4) is 0 Å². The van der Waals surface area contributed by atoms with Gasteiger partial charge in [0.1, 0.15) is 6.04 Å². The number of carboxylic acid groups (broad SMARTS) is 1. The molecule has 1 saturated heterocycles. The van der Waals surface area contributed by atoms with Gasteiger partial charge in [0.2, 0.25) is 0 Å². The minimum atomic E-state index is -0.784. The summed E-state index contributed by atoms with van der Waals surface area (Å²) in [5.74, 6) is -0.784. The molecule has 0 saturated carbocycles. The van der Waals surface area contributed by atoms with E-state index >= 15 is 0 Å². The van der Waals surface area contributed by atoms with Gasteiger partial charge in [-0.25, -0.2) is 0 Å². The van der Waals surface area contributed by atoms with Crippen LogP contribution in [0.1, 0.15) is 41.1 Å². The van der Waals surface area contributed by atoms with Crippen LogP contribution >= 0.6 is 0 Å². The summed E-state index contributed by atoms with van der Waals surface area (Å²) >= 11 is 0. The highest BCUT2D eigenvalue weighted by Gasteiger charge is 2.32. The van der Waals surface area contributed by atoms with Gasteiger partial charge in [0.25, 0.3) is 0 Å². The van der Waals surface area contributed by atoms with Gasteiger partial charge in [0.15, 0.2) is 0 Å². The highest BCUT2D eigenvalue weighted by molar-refractivity contribution is 5.76. The Morgan fingerprint density at radius 1 is 1.27 bits per heavy atom. The summed E-state index contributed by atoms with van der Waals surface area (Å²) in [5, 5.41) is 9.83. The number of hydrogen-bond acceptors (Lipinski definition) is 4. The second kappa shape index (κ2) is 8.43. The molecule has 1 aromatic carbocycles. The number of aliphatic carboxylic acids is 1. The molecule has 1 fully saturated rings. The lowest BCUT2D eigenvalue weighted by Crippen LogP contribution is -2.42. The van der Waals surface area contributed by atoms with E-state index in [2.05, 4.69) is 9.88 Å². The first kappa shape index (κ1) is 18.5. The van der Waals surface area contributed by atoms with Gasteiger partial charge in [-0.3, -0.25) is 14.7 Å². The lowest BCUT2D eigenvalue weighted by Gasteiger charge is -2.36. The minimum Gasteiger partial charge on any atom is -0.480 e. The highest BCUT2D eigenvalue weighted by Crippen LogP contribution is 2.29. The number of piperidine rings is 1. The number of pyridine rings is 1. The maximum atomic E-state index is 12.0. The van der Waals surface area contributed by atoms with Crippen molar-refractivity contribution in [1.29, 1.82) is 0 Å². The fraction of sp³-hybridized carbons (Fsp3) is 0.429. The van der Waals surface area contributed by atoms with Crippen LogP contribution in [0.4, 0.5) is 0 Å². The molecule has 1 aliphatic rings. The smallest absolute Gasteiger partial charge is 0.325 e. The predicted molar refractivity (Wildman–Crippen MR) is 99.9 cm³/mol. The number of carboxylic acids is 1. The third-order valence-electron chi connectivity index (χ3n) is 5.23. The molecule has 1 N–H and O–H groups in total. The zero-order chi connectivity index (χ0) is 18.5. The number of likely N-dealkylation sites (tertiary alicyclic amines) is 1. The number of rotatable bonds is 6. The summed E-state index contributed by atoms with van der Waals surface area (Å²) in [6.45, 7) is 6.03. The largest absolute Gasteiger partial charge is 0.480 e. The van der Waals surface area contributed by atoms with Gasteiger partial charge >= 0.3 is 5.97 Å². The number of carbonyl (C=O) groups is 1. The van der Waals surface area contributed by atoms with Crippen molar-refractivity contribution in [2.24, 2.45) is 0 Å². The SMILES string of the molecule is Cc1cccc(C(C(=O)O)N2CCC(OCc3cccnc3)CC2)c1C. The summed E-state index contributed by atoms with van der Waals surface area (Å²) in [7, 11) is 0. The summed E-state index contributed by atoms with van der Waals surface area (Å²) in [6.07, 6.45) is 5.42. The Morgan fingerprint density at radius 3 is 2.69 bits per heavy atom. The molecule has 26 heavy (non-hydrogen) atoms. The van der Waals surface area contributed by atoms with Crippen LogP contribution in [0.3, 0.4) is 0 Å². The molecule has 5 heteroatoms. The molecule has 0 amide bonds. The molecule has 0 bridgehead atoms. The van der Waals surface area contributed by atoms with Gasteiger partial charge in [-0.1, -0.05) is 24.3 Å². The molecule has 0 radical (unpaired) electrons. The first-order valence-electron chi connectivity index (χ1n) is 9.09. The Hall–Kier alpha value is -2.24. The van der Waals surface area contributed by atoms with Crippen molar-refractivity contribution in [3.05, 3.63) is 65.0 Å². The van der Waals surface area contributed by atoms with E-state index in [4.69, 9.17) is 4.74 Å². The van der Waals surface area contributed by atoms with Gasteiger partial charge in [-0.2, -0.15) is 0 Å². The van der Waals surface area contributed by atoms with E-state index < -0.39 is 12.0 Å². The number of hydrogen-bond donors (Lipinski definition) is 1. The fourth-order valence-corrected chi connectivity index (χ4v) is 3.55. The normalized spacial score (nSPS) is 17.2. The van der Waals surface area contributed by atoms with Gasteiger partial charge in [0.05, 0.1) is 12.7 Å². The van der Waals surface area contributed by atoms with Crippen LogP contribution in [0.2, 0.25) is 0 Å². The van der Waals surface area contributed by atoms with Crippen molar-refractivity contribution >= 4 is 5.97 Å². The van der Waals surface area contributed by atoms with Crippen molar-refractivity contribution in [1.82, 2.24) is 9.88 Å². The van der Waals surface area contributed by atoms with Gasteiger partial charge in [-0.15, -0.1) is 0 Å². The molecule has 2 heterocycles. The molecule has 0 spiro atoms. The number of benzene rings is 1. The third-order valence-corrected chi connectivity index (χ3v) is 5.23. The Bertz CT molecular complexity index is 740. The molecule has 1 aromatic heterocycles. The average molecular weight is 354 g/mol. The van der Waals surface area contributed by atoms with E-state index in [0.29, 0.717) is 6.61 Å². The molecule has 138 valence electrons. The lowest BCUT2D eigenvalue weighted by atomic mass is 9.94. The molecule has 3 rings (SSSR count). The Morgan fingerprint density at radius 2 is 2.04 bits per heavy atom. The van der Waals surface area contributed by atoms with E-state index in [0.717, 1.165) is 48.2 Å². The van der Waals surface area contributed by atoms with Crippen molar-refractivity contribution in [2.45, 2.75) is 45.4 Å². The molecule has 1 aliphatic heterocycles. The minimum absolute atomic E-state index is 0.166. The van der Waals surface area contributed by atoms with Gasteiger partial charge in [-0.05, 0) is 55.0 Å². The van der Waals surface area contributed by atoms with Gasteiger partial charge < -0.3 is 9.84 Å². The summed E-state index contributed by atoms with van der Waals surface area (Å²) in [5.41, 5.74) is 4.15. The highest BCUT2D eigenvalue weighted by atomic mass is 16.5. The second-order valence-electron chi connectivity index (χ2n) is 6.94. The molecule has 1 atom stereocenters. The van der Waals surface area contributed by atoms with Gasteiger partial charge in [0, 0.05) is 25.5 Å². The fourth-order valence-electron chi connectivity index (χ4n) is 3.55. The van der Waals surface area contributed by atoms with Crippen LogP contribution < -0.4 is 0 Å². The Kier molecular flexibility index (Phi) is 6.01. The van der Waals surface area contributed by atoms with Crippen molar-refractivity contribution < 1.29 is 14.6 Å². The van der Waals surface area contributed by atoms with E-state index in [9.17, 15) is 9.90 Å². The monoisotopic (exact) mass is 354 g/mol. The van der Waals surface area contributed by atoms with Crippen molar-refractivity contribution in [3.63, 3.8) is 0 Å². The van der Waals surface area contributed by atoms with Crippen LogP contribution in [0, 0.1) is 13.8 Å². The first-order chi connectivity index (χ1) is 12.6. The predicted octanol–water partition coefficient (Wildman–Crippen LogP) is 3.51. The summed E-state index contributed by atoms with van der Waals surface area (Å²) < 4.78 is 5.99. The second-order valence-corrected chi connectivity index (χ2v) is 6.94. The van der Waals surface area contributed by atoms with E-state index in [1.54, 1.807) is 6.20 Å². The van der Waals surface area contributed by atoms with E-state index in [-0.39, 0.29) is 6.10 Å². The molecular formula is C21H26N2O3. The van der Waals surface area contributed by atoms with Crippen LogP contribution in [0.15, 0.2) is 42.7 Å². The quantitative estimate of drug-likeness (QED) is 0.860. The van der Waals surface area contributed by atoms with Crippen LogP contribution in [-0.4, -0.2) is 40.2 Å². The maximum absolute atomic E-state index is 12.0. The maximum Gasteiger partial charge on any atom is 0.325 e. The summed E-state index contributed by atoms with van der Waals surface area (Å²) in [6, 6.07) is 9.22. The molecule has 1 unspecified atom stereocenters. The number of nitrogens with zero attached hydrogens (tertiary/aromatic N) is 2. The lowest BCUT2D eigenvalue weighted by molar-refractivity contribution is -0.145. The standard InChI is InChI=1S/C21H26N2O3/c1-15-5-3-7-19(16(15)2)20(21(24)25)23-11-8-18(9-12-23)26-14-17-6-4-10-22-13-17/h3-7,10,13,18,20H,8-9,11-12,14H2,1-2H3,(H,24,25).